The van der Waals surface area contributed by atoms with Gasteiger partial charge in [-0.1, -0.05) is 6.07 Å². The van der Waals surface area contributed by atoms with Gasteiger partial charge in [-0.25, -0.2) is 0 Å². The Labute approximate surface area is 143 Å². The van der Waals surface area contributed by atoms with Crippen molar-refractivity contribution in [1.82, 2.24) is 0 Å². The Kier molecular flexibility index (Phi) is 3.66. The van der Waals surface area contributed by atoms with Crippen molar-refractivity contribution in [2.75, 3.05) is 10.6 Å². The summed E-state index contributed by atoms with van der Waals surface area (Å²) in [6, 6.07) is 5.74. The molecule has 128 valence electrons. The minimum Gasteiger partial charge on any atom is -0.326 e. The highest BCUT2D eigenvalue weighted by molar-refractivity contribution is 5.97. The second-order valence-corrected chi connectivity index (χ2v) is 8.36. The molecular formula is C20H26N2O2. The first-order valence-electron chi connectivity index (χ1n) is 9.13. The summed E-state index contributed by atoms with van der Waals surface area (Å²) in [5.74, 6) is 2.38. The minimum atomic E-state index is -0.145. The molecule has 1 aromatic carbocycles. The van der Waals surface area contributed by atoms with Crippen LogP contribution in [0.1, 0.15) is 51.0 Å². The van der Waals surface area contributed by atoms with Crippen LogP contribution in [0.15, 0.2) is 18.2 Å². The second kappa shape index (κ2) is 5.61. The largest absolute Gasteiger partial charge is 0.326 e. The van der Waals surface area contributed by atoms with Crippen LogP contribution in [0.4, 0.5) is 11.4 Å². The third-order valence-electron chi connectivity index (χ3n) is 6.33. The molecule has 0 unspecified atom stereocenters. The van der Waals surface area contributed by atoms with Gasteiger partial charge in [-0.05, 0) is 80.9 Å². The van der Waals surface area contributed by atoms with Crippen LogP contribution in [0, 0.1) is 30.1 Å². The van der Waals surface area contributed by atoms with Gasteiger partial charge in [0.1, 0.15) is 0 Å². The van der Waals surface area contributed by atoms with Crippen molar-refractivity contribution < 1.29 is 9.59 Å². The van der Waals surface area contributed by atoms with Gasteiger partial charge in [-0.2, -0.15) is 0 Å². The molecule has 0 atom stereocenters. The van der Waals surface area contributed by atoms with Gasteiger partial charge in [0.25, 0.3) is 0 Å². The topological polar surface area (TPSA) is 58.2 Å². The third kappa shape index (κ3) is 2.72. The molecule has 4 bridgehead atoms. The van der Waals surface area contributed by atoms with Crippen LogP contribution in [-0.4, -0.2) is 11.8 Å². The third-order valence-corrected chi connectivity index (χ3v) is 6.33. The maximum absolute atomic E-state index is 13.1. The van der Waals surface area contributed by atoms with E-state index < -0.39 is 0 Å². The second-order valence-electron chi connectivity index (χ2n) is 8.36. The van der Waals surface area contributed by atoms with Gasteiger partial charge < -0.3 is 10.6 Å². The zero-order chi connectivity index (χ0) is 16.9. The molecule has 0 aromatic heterocycles. The lowest BCUT2D eigenvalue weighted by atomic mass is 9.49. The van der Waals surface area contributed by atoms with Crippen LogP contribution >= 0.6 is 0 Å². The summed E-state index contributed by atoms with van der Waals surface area (Å²) in [5.41, 5.74) is 2.40. The Balaban J connectivity index is 1.53. The molecule has 4 saturated carbocycles. The van der Waals surface area contributed by atoms with Gasteiger partial charge in [0.05, 0.1) is 5.41 Å². The number of benzene rings is 1. The predicted molar refractivity (Wildman–Crippen MR) is 94.7 cm³/mol. The van der Waals surface area contributed by atoms with Crippen molar-refractivity contribution in [2.24, 2.45) is 23.2 Å². The molecule has 1 aromatic rings. The summed E-state index contributed by atoms with van der Waals surface area (Å²) < 4.78 is 0. The standard InChI is InChI=1S/C20H26N2O2/c1-12-3-4-17(8-18(12)21-13(2)23)22-19(24)20-9-14-5-15(10-20)7-16(6-14)11-20/h3-4,8,14-16H,5-7,9-11H2,1-2H3,(H,21,23)(H,22,24). The van der Waals surface area contributed by atoms with E-state index in [9.17, 15) is 9.59 Å². The molecule has 4 nitrogen and oxygen atoms in total. The van der Waals surface area contributed by atoms with Crippen molar-refractivity contribution in [1.29, 1.82) is 0 Å². The molecule has 0 heterocycles. The zero-order valence-corrected chi connectivity index (χ0v) is 14.5. The maximum atomic E-state index is 13.1. The maximum Gasteiger partial charge on any atom is 0.230 e. The van der Waals surface area contributed by atoms with Gasteiger partial charge >= 0.3 is 0 Å². The molecule has 0 saturated heterocycles. The fourth-order valence-corrected chi connectivity index (χ4v) is 5.68. The van der Waals surface area contributed by atoms with E-state index in [2.05, 4.69) is 10.6 Å². The first kappa shape index (κ1) is 15.7. The van der Waals surface area contributed by atoms with Crippen molar-refractivity contribution >= 4 is 23.2 Å². The fraction of sp³-hybridized carbons (Fsp3) is 0.600. The van der Waals surface area contributed by atoms with Crippen LogP contribution in [0.2, 0.25) is 0 Å². The van der Waals surface area contributed by atoms with Crippen LogP contribution in [-0.2, 0) is 9.59 Å². The Morgan fingerprint density at radius 3 is 2.12 bits per heavy atom. The lowest BCUT2D eigenvalue weighted by Gasteiger charge is -2.55. The molecule has 4 aliphatic rings. The monoisotopic (exact) mass is 326 g/mol. The summed E-state index contributed by atoms with van der Waals surface area (Å²) >= 11 is 0. The number of nitrogens with one attached hydrogen (secondary N) is 2. The summed E-state index contributed by atoms with van der Waals surface area (Å²) in [7, 11) is 0. The molecule has 4 aliphatic carbocycles. The Hall–Kier alpha value is -1.84. The van der Waals surface area contributed by atoms with E-state index in [0.29, 0.717) is 0 Å². The average molecular weight is 326 g/mol. The van der Waals surface area contributed by atoms with Gasteiger partial charge in [0.2, 0.25) is 11.8 Å². The average Bonchev–Trinajstić information content (AvgIpc) is 2.48. The van der Waals surface area contributed by atoms with E-state index in [4.69, 9.17) is 0 Å². The highest BCUT2D eigenvalue weighted by atomic mass is 16.2. The smallest absolute Gasteiger partial charge is 0.230 e. The molecule has 4 fully saturated rings. The van der Waals surface area contributed by atoms with E-state index in [1.54, 1.807) is 0 Å². The first-order valence-corrected chi connectivity index (χ1v) is 9.13. The predicted octanol–water partition coefficient (Wildman–Crippen LogP) is 4.11. The Morgan fingerprint density at radius 2 is 1.58 bits per heavy atom. The molecule has 0 aliphatic heterocycles. The van der Waals surface area contributed by atoms with Gasteiger partial charge in [0, 0.05) is 18.3 Å². The highest BCUT2D eigenvalue weighted by Crippen LogP contribution is 2.60. The summed E-state index contributed by atoms with van der Waals surface area (Å²) in [4.78, 5) is 24.4. The molecule has 24 heavy (non-hydrogen) atoms. The Morgan fingerprint density at radius 1 is 1.00 bits per heavy atom. The van der Waals surface area contributed by atoms with E-state index >= 15 is 0 Å². The normalized spacial score (nSPS) is 33.3. The van der Waals surface area contributed by atoms with Crippen molar-refractivity contribution in [2.45, 2.75) is 52.4 Å². The number of carbonyl (C=O) groups excluding carboxylic acids is 2. The van der Waals surface area contributed by atoms with E-state index in [1.807, 2.05) is 25.1 Å². The SMILES string of the molecule is CC(=O)Nc1cc(NC(=O)C23CC4CC(CC(C4)C2)C3)ccc1C. The zero-order valence-electron chi connectivity index (χ0n) is 14.5. The molecule has 0 radical (unpaired) electrons. The van der Waals surface area contributed by atoms with Gasteiger partial charge in [0.15, 0.2) is 0 Å². The van der Waals surface area contributed by atoms with Crippen LogP contribution in [0.5, 0.6) is 0 Å². The molecule has 2 amide bonds. The van der Waals surface area contributed by atoms with Crippen LogP contribution in [0.25, 0.3) is 0 Å². The lowest BCUT2D eigenvalue weighted by molar-refractivity contribution is -0.140. The molecule has 4 heteroatoms. The molecule has 2 N–H and O–H groups in total. The summed E-state index contributed by atoms with van der Waals surface area (Å²) in [6.07, 6.45) is 7.21. The van der Waals surface area contributed by atoms with Gasteiger partial charge in [-0.15, -0.1) is 0 Å². The number of carbonyl (C=O) groups is 2. The number of anilines is 2. The molecule has 0 spiro atoms. The van der Waals surface area contributed by atoms with E-state index in [-0.39, 0.29) is 17.2 Å². The number of hydrogen-bond donors (Lipinski definition) is 2. The minimum absolute atomic E-state index is 0.0948. The Bertz CT molecular complexity index is 660. The molecule has 5 rings (SSSR count). The van der Waals surface area contributed by atoms with E-state index in [0.717, 1.165) is 54.0 Å². The highest BCUT2D eigenvalue weighted by Gasteiger charge is 2.54. The molecular weight excluding hydrogens is 300 g/mol. The number of amides is 2. The quantitative estimate of drug-likeness (QED) is 0.878. The van der Waals surface area contributed by atoms with Crippen LogP contribution in [0.3, 0.4) is 0 Å². The van der Waals surface area contributed by atoms with Gasteiger partial charge in [-0.3, -0.25) is 9.59 Å². The van der Waals surface area contributed by atoms with E-state index in [1.165, 1.54) is 26.2 Å². The fourth-order valence-electron chi connectivity index (χ4n) is 5.68. The number of rotatable bonds is 3. The van der Waals surface area contributed by atoms with Crippen molar-refractivity contribution in [3.8, 4) is 0 Å². The lowest BCUT2D eigenvalue weighted by Crippen LogP contribution is -2.51. The van der Waals surface area contributed by atoms with Crippen molar-refractivity contribution in [3.05, 3.63) is 23.8 Å². The number of hydrogen-bond acceptors (Lipinski definition) is 2. The number of aryl methyl sites for hydroxylation is 1. The first-order chi connectivity index (χ1) is 11.4. The summed E-state index contributed by atoms with van der Waals surface area (Å²) in [6.45, 7) is 3.45. The summed E-state index contributed by atoms with van der Waals surface area (Å²) in [5, 5.41) is 5.98. The van der Waals surface area contributed by atoms with Crippen molar-refractivity contribution in [3.63, 3.8) is 0 Å². The van der Waals surface area contributed by atoms with Crippen LogP contribution < -0.4 is 10.6 Å².